The molecule has 27 heavy (non-hydrogen) atoms. The van der Waals surface area contributed by atoms with E-state index in [-0.39, 0.29) is 0 Å². The largest absolute Gasteiger partial charge is 0.489 e. The van der Waals surface area contributed by atoms with Gasteiger partial charge in [-0.3, -0.25) is 10.3 Å². The average Bonchev–Trinajstić information content (AvgIpc) is 3.18. The number of nitrogens with one attached hydrogen (secondary N) is 1. The lowest BCUT2D eigenvalue weighted by molar-refractivity contribution is 0.110. The van der Waals surface area contributed by atoms with Gasteiger partial charge in [-0.05, 0) is 12.1 Å². The SMILES string of the molecule is CONC(=COC(Cn1cncn1)c1ccc(Cl)cc1Cl)c1ccccc1. The third-order valence-electron chi connectivity index (χ3n) is 3.78. The van der Waals surface area contributed by atoms with Gasteiger partial charge in [-0.1, -0.05) is 59.6 Å². The highest BCUT2D eigenvalue weighted by Gasteiger charge is 2.18. The molecule has 0 aliphatic carbocycles. The lowest BCUT2D eigenvalue weighted by Gasteiger charge is -2.20. The lowest BCUT2D eigenvalue weighted by atomic mass is 10.1. The third kappa shape index (κ3) is 5.23. The van der Waals surface area contributed by atoms with Crippen LogP contribution in [0, 0.1) is 0 Å². The number of ether oxygens (including phenoxy) is 1. The number of hydrogen-bond acceptors (Lipinski definition) is 5. The van der Waals surface area contributed by atoms with Crippen molar-refractivity contribution in [3.63, 3.8) is 0 Å². The molecule has 1 atom stereocenters. The minimum Gasteiger partial charge on any atom is -0.489 e. The zero-order valence-corrected chi connectivity index (χ0v) is 16.1. The van der Waals surface area contributed by atoms with Crippen LogP contribution in [-0.2, 0) is 16.1 Å². The Bertz CT molecular complexity index is 886. The molecule has 0 bridgehead atoms. The van der Waals surface area contributed by atoms with Crippen LogP contribution < -0.4 is 5.48 Å². The van der Waals surface area contributed by atoms with Crippen LogP contribution in [0.3, 0.4) is 0 Å². The van der Waals surface area contributed by atoms with E-state index in [0.717, 1.165) is 11.1 Å². The second-order valence-electron chi connectivity index (χ2n) is 5.61. The molecule has 140 valence electrons. The zero-order valence-electron chi connectivity index (χ0n) is 14.5. The highest BCUT2D eigenvalue weighted by molar-refractivity contribution is 6.35. The van der Waals surface area contributed by atoms with Crippen molar-refractivity contribution in [1.82, 2.24) is 20.2 Å². The molecular formula is C19H18Cl2N4O2. The first-order chi connectivity index (χ1) is 13.2. The number of benzene rings is 2. The van der Waals surface area contributed by atoms with Crippen molar-refractivity contribution < 1.29 is 9.57 Å². The van der Waals surface area contributed by atoms with Crippen LogP contribution in [0.2, 0.25) is 10.0 Å². The predicted octanol–water partition coefficient (Wildman–Crippen LogP) is 4.49. The van der Waals surface area contributed by atoms with Crippen molar-refractivity contribution in [3.8, 4) is 0 Å². The first-order valence-corrected chi connectivity index (χ1v) is 8.90. The molecule has 1 heterocycles. The van der Waals surface area contributed by atoms with Crippen molar-refractivity contribution in [1.29, 1.82) is 0 Å². The lowest BCUT2D eigenvalue weighted by Crippen LogP contribution is -2.14. The minimum absolute atomic E-state index is 0.408. The maximum Gasteiger partial charge on any atom is 0.144 e. The van der Waals surface area contributed by atoms with E-state index in [1.54, 1.807) is 36.5 Å². The second-order valence-corrected chi connectivity index (χ2v) is 6.46. The molecular weight excluding hydrogens is 387 g/mol. The van der Waals surface area contributed by atoms with Crippen molar-refractivity contribution in [3.05, 3.63) is 88.6 Å². The number of nitrogens with zero attached hydrogens (tertiary/aromatic N) is 3. The molecule has 0 spiro atoms. The Morgan fingerprint density at radius 1 is 1.22 bits per heavy atom. The summed E-state index contributed by atoms with van der Waals surface area (Å²) in [6, 6.07) is 15.0. The molecule has 2 aromatic carbocycles. The number of aromatic nitrogens is 3. The molecule has 0 aliphatic heterocycles. The molecule has 0 amide bonds. The summed E-state index contributed by atoms with van der Waals surface area (Å²) in [6.45, 7) is 0.424. The van der Waals surface area contributed by atoms with Gasteiger partial charge in [0.1, 0.15) is 30.7 Å². The summed E-state index contributed by atoms with van der Waals surface area (Å²) in [6.07, 6.45) is 4.28. The molecule has 3 aromatic rings. The molecule has 1 N–H and O–H groups in total. The van der Waals surface area contributed by atoms with Crippen LogP contribution in [0.4, 0.5) is 0 Å². The Balaban J connectivity index is 1.89. The zero-order chi connectivity index (χ0) is 19.1. The monoisotopic (exact) mass is 404 g/mol. The first-order valence-electron chi connectivity index (χ1n) is 8.15. The van der Waals surface area contributed by atoms with E-state index in [2.05, 4.69) is 15.6 Å². The number of hydroxylamine groups is 1. The minimum atomic E-state index is -0.408. The van der Waals surface area contributed by atoms with Crippen molar-refractivity contribution in [2.75, 3.05) is 7.11 Å². The van der Waals surface area contributed by atoms with E-state index >= 15 is 0 Å². The van der Waals surface area contributed by atoms with Gasteiger partial charge in [-0.25, -0.2) is 9.67 Å². The summed E-state index contributed by atoms with van der Waals surface area (Å²) in [7, 11) is 1.54. The van der Waals surface area contributed by atoms with Crippen LogP contribution in [0.25, 0.3) is 5.70 Å². The second kappa shape index (κ2) is 9.41. The molecule has 0 saturated heterocycles. The summed E-state index contributed by atoms with van der Waals surface area (Å²) in [5.74, 6) is 0. The van der Waals surface area contributed by atoms with Crippen LogP contribution >= 0.6 is 23.2 Å². The van der Waals surface area contributed by atoms with E-state index in [0.29, 0.717) is 22.3 Å². The van der Waals surface area contributed by atoms with E-state index in [1.165, 1.54) is 6.33 Å². The predicted molar refractivity (Wildman–Crippen MR) is 105 cm³/mol. The molecule has 0 saturated carbocycles. The van der Waals surface area contributed by atoms with Gasteiger partial charge in [0.15, 0.2) is 0 Å². The fraction of sp³-hybridized carbons (Fsp3) is 0.158. The topological polar surface area (TPSA) is 61.2 Å². The maximum atomic E-state index is 6.39. The van der Waals surface area contributed by atoms with E-state index in [4.69, 9.17) is 32.8 Å². The molecule has 0 radical (unpaired) electrons. The summed E-state index contributed by atoms with van der Waals surface area (Å²) in [5, 5.41) is 5.22. The van der Waals surface area contributed by atoms with Gasteiger partial charge in [-0.15, -0.1) is 0 Å². The summed E-state index contributed by atoms with van der Waals surface area (Å²) in [5.41, 5.74) is 5.22. The Kier molecular flexibility index (Phi) is 6.70. The maximum absolute atomic E-state index is 6.39. The van der Waals surface area contributed by atoms with Crippen LogP contribution in [0.1, 0.15) is 17.2 Å². The van der Waals surface area contributed by atoms with Crippen molar-refractivity contribution >= 4 is 28.9 Å². The summed E-state index contributed by atoms with van der Waals surface area (Å²) >= 11 is 12.4. The molecule has 0 fully saturated rings. The molecule has 3 rings (SSSR count). The van der Waals surface area contributed by atoms with Gasteiger partial charge in [0.2, 0.25) is 0 Å². The van der Waals surface area contributed by atoms with Gasteiger partial charge in [0.05, 0.1) is 13.7 Å². The summed E-state index contributed by atoms with van der Waals surface area (Å²) in [4.78, 5) is 9.04. The van der Waals surface area contributed by atoms with Gasteiger partial charge >= 0.3 is 0 Å². The fourth-order valence-corrected chi connectivity index (χ4v) is 3.03. The molecule has 8 heteroatoms. The normalized spacial score (nSPS) is 12.6. The molecule has 1 aromatic heterocycles. The van der Waals surface area contributed by atoms with Gasteiger partial charge < -0.3 is 4.74 Å². The van der Waals surface area contributed by atoms with Crippen LogP contribution in [-0.4, -0.2) is 21.9 Å². The highest BCUT2D eigenvalue weighted by atomic mass is 35.5. The van der Waals surface area contributed by atoms with Crippen LogP contribution in [0.5, 0.6) is 0 Å². The molecule has 1 unspecified atom stereocenters. The smallest absolute Gasteiger partial charge is 0.144 e. The standard InChI is InChI=1S/C19H18Cl2N4O2/c1-26-24-18(14-5-3-2-4-6-14)11-27-19(10-25-13-22-12-23-25)16-8-7-15(20)9-17(16)21/h2-9,11-13,19,24H,10H2,1H3. The third-order valence-corrected chi connectivity index (χ3v) is 4.34. The Hall–Kier alpha value is -2.54. The van der Waals surface area contributed by atoms with E-state index in [9.17, 15) is 0 Å². The van der Waals surface area contributed by atoms with E-state index in [1.807, 2.05) is 36.4 Å². The Labute approximate surface area is 167 Å². The van der Waals surface area contributed by atoms with Gasteiger partial charge in [0.25, 0.3) is 0 Å². The number of hydrogen-bond donors (Lipinski definition) is 1. The van der Waals surface area contributed by atoms with Crippen molar-refractivity contribution in [2.45, 2.75) is 12.6 Å². The fourth-order valence-electron chi connectivity index (χ4n) is 2.50. The average molecular weight is 405 g/mol. The Morgan fingerprint density at radius 2 is 2.04 bits per heavy atom. The quantitative estimate of drug-likeness (QED) is 0.442. The molecule has 6 nitrogen and oxygen atoms in total. The van der Waals surface area contributed by atoms with Gasteiger partial charge in [-0.2, -0.15) is 5.10 Å². The first kappa shape index (κ1) is 19.2. The van der Waals surface area contributed by atoms with Crippen molar-refractivity contribution in [2.24, 2.45) is 0 Å². The summed E-state index contributed by atoms with van der Waals surface area (Å²) < 4.78 is 7.75. The Morgan fingerprint density at radius 3 is 2.70 bits per heavy atom. The van der Waals surface area contributed by atoms with E-state index < -0.39 is 6.10 Å². The highest BCUT2D eigenvalue weighted by Crippen LogP contribution is 2.30. The van der Waals surface area contributed by atoms with Gasteiger partial charge in [0, 0.05) is 21.2 Å². The number of rotatable bonds is 8. The number of halogens is 2. The van der Waals surface area contributed by atoms with Crippen LogP contribution in [0.15, 0.2) is 67.4 Å². The molecule has 0 aliphatic rings.